The van der Waals surface area contributed by atoms with Gasteiger partial charge in [-0.25, -0.2) is 9.59 Å². The van der Waals surface area contributed by atoms with Crippen molar-refractivity contribution in [1.82, 2.24) is 0 Å². The number of methoxy groups -OCH3 is 3. The van der Waals surface area contributed by atoms with Crippen LogP contribution in [0.15, 0.2) is 71.1 Å². The summed E-state index contributed by atoms with van der Waals surface area (Å²) >= 11 is 0. The van der Waals surface area contributed by atoms with E-state index in [1.165, 1.54) is 39.5 Å². The molecule has 0 spiro atoms. The topological polar surface area (TPSA) is 108 Å². The van der Waals surface area contributed by atoms with Gasteiger partial charge in [-0.1, -0.05) is 30.3 Å². The van der Waals surface area contributed by atoms with Crippen molar-refractivity contribution in [2.24, 2.45) is 0 Å². The van der Waals surface area contributed by atoms with E-state index < -0.39 is 22.8 Å². The first-order valence-electron chi connectivity index (χ1n) is 10.0. The second-order valence-electron chi connectivity index (χ2n) is 7.24. The van der Waals surface area contributed by atoms with Gasteiger partial charge in [0, 0.05) is 23.0 Å². The number of hydrogen-bond acceptors (Lipinski definition) is 8. The lowest BCUT2D eigenvalue weighted by atomic mass is 9.79. The van der Waals surface area contributed by atoms with Gasteiger partial charge in [-0.05, 0) is 26.0 Å². The highest BCUT2D eigenvalue weighted by Crippen LogP contribution is 2.48. The van der Waals surface area contributed by atoms with Crippen molar-refractivity contribution in [3.8, 4) is 5.75 Å². The summed E-state index contributed by atoms with van der Waals surface area (Å²) in [5.41, 5.74) is 1.60. The number of anilines is 1. The minimum absolute atomic E-state index is 0.0868. The van der Waals surface area contributed by atoms with Gasteiger partial charge in [-0.2, -0.15) is 0 Å². The van der Waals surface area contributed by atoms with Gasteiger partial charge < -0.3 is 19.1 Å². The van der Waals surface area contributed by atoms with E-state index in [9.17, 15) is 19.7 Å². The van der Waals surface area contributed by atoms with Gasteiger partial charge in [-0.3, -0.25) is 10.1 Å². The van der Waals surface area contributed by atoms with E-state index in [-0.39, 0.29) is 22.4 Å². The monoisotopic (exact) mass is 452 g/mol. The Hall–Kier alpha value is -4.14. The number of nitrogens with zero attached hydrogens (tertiary/aromatic N) is 2. The third-order valence-corrected chi connectivity index (χ3v) is 5.61. The van der Waals surface area contributed by atoms with Crippen molar-refractivity contribution in [3.63, 3.8) is 0 Å². The van der Waals surface area contributed by atoms with Gasteiger partial charge >= 0.3 is 11.9 Å². The standard InChI is InChI=1S/C24H24N2O7/c1-14-20(23(27)32-4)22(16-10-6-7-11-17(16)26(29)30)21(24(28)33-5)15(2)25(14)18-12-8-9-13-19(18)31-3/h6-13,22H,1-5H3. The number of allylic oxidation sites excluding steroid dienone is 2. The van der Waals surface area contributed by atoms with Crippen molar-refractivity contribution in [2.75, 3.05) is 26.2 Å². The van der Waals surface area contributed by atoms with E-state index in [2.05, 4.69) is 0 Å². The predicted molar refractivity (Wildman–Crippen MR) is 121 cm³/mol. The fourth-order valence-corrected chi connectivity index (χ4v) is 4.19. The second kappa shape index (κ2) is 9.56. The first-order chi connectivity index (χ1) is 15.8. The number of benzene rings is 2. The molecular formula is C24H24N2O7. The van der Waals surface area contributed by atoms with Crippen molar-refractivity contribution in [1.29, 1.82) is 0 Å². The van der Waals surface area contributed by atoms with Crippen LogP contribution >= 0.6 is 0 Å². The summed E-state index contributed by atoms with van der Waals surface area (Å²) in [6, 6.07) is 13.1. The van der Waals surface area contributed by atoms with Gasteiger partial charge in [0.25, 0.3) is 5.69 Å². The molecule has 0 saturated carbocycles. The van der Waals surface area contributed by atoms with Crippen LogP contribution in [-0.2, 0) is 19.1 Å². The van der Waals surface area contributed by atoms with Crippen LogP contribution in [0, 0.1) is 10.1 Å². The molecule has 0 unspecified atom stereocenters. The second-order valence-corrected chi connectivity index (χ2v) is 7.24. The van der Waals surface area contributed by atoms with Crippen LogP contribution in [-0.4, -0.2) is 38.2 Å². The first kappa shape index (κ1) is 23.5. The van der Waals surface area contributed by atoms with Crippen molar-refractivity contribution in [3.05, 3.63) is 86.7 Å². The first-order valence-corrected chi connectivity index (χ1v) is 10.0. The minimum Gasteiger partial charge on any atom is -0.495 e. The lowest BCUT2D eigenvalue weighted by molar-refractivity contribution is -0.385. The number of ether oxygens (including phenoxy) is 3. The summed E-state index contributed by atoms with van der Waals surface area (Å²) in [6.45, 7) is 3.38. The van der Waals surface area contributed by atoms with E-state index in [0.717, 1.165) is 0 Å². The smallest absolute Gasteiger partial charge is 0.336 e. The van der Waals surface area contributed by atoms with Gasteiger partial charge in [0.1, 0.15) is 5.75 Å². The summed E-state index contributed by atoms with van der Waals surface area (Å²) in [5, 5.41) is 11.8. The Kier molecular flexibility index (Phi) is 6.81. The molecule has 33 heavy (non-hydrogen) atoms. The Morgan fingerprint density at radius 2 is 1.39 bits per heavy atom. The van der Waals surface area contributed by atoms with Gasteiger partial charge in [-0.15, -0.1) is 0 Å². The molecule has 0 aromatic heterocycles. The van der Waals surface area contributed by atoms with Gasteiger partial charge in [0.05, 0.1) is 49.0 Å². The van der Waals surface area contributed by atoms with E-state index in [4.69, 9.17) is 14.2 Å². The summed E-state index contributed by atoms with van der Waals surface area (Å²) < 4.78 is 15.6. The molecule has 9 nitrogen and oxygen atoms in total. The number of carbonyl (C=O) groups excluding carboxylic acids is 2. The number of rotatable bonds is 6. The van der Waals surface area contributed by atoms with Crippen LogP contribution < -0.4 is 9.64 Å². The van der Waals surface area contributed by atoms with E-state index in [1.54, 1.807) is 49.1 Å². The third-order valence-electron chi connectivity index (χ3n) is 5.61. The number of nitro benzene ring substituents is 1. The van der Waals surface area contributed by atoms with Crippen LogP contribution in [0.25, 0.3) is 0 Å². The highest BCUT2D eigenvalue weighted by atomic mass is 16.6. The highest BCUT2D eigenvalue weighted by Gasteiger charge is 2.43. The summed E-state index contributed by atoms with van der Waals surface area (Å²) in [6.07, 6.45) is 0. The summed E-state index contributed by atoms with van der Waals surface area (Å²) in [5.74, 6) is -2.00. The van der Waals surface area contributed by atoms with Crippen LogP contribution in [0.1, 0.15) is 25.3 Å². The Morgan fingerprint density at radius 3 is 1.91 bits per heavy atom. The fraction of sp³-hybridized carbons (Fsp3) is 0.250. The van der Waals surface area contributed by atoms with Crippen LogP contribution in [0.2, 0.25) is 0 Å². The molecule has 2 aromatic rings. The Balaban J connectivity index is 2.43. The third kappa shape index (κ3) is 4.05. The zero-order valence-electron chi connectivity index (χ0n) is 18.9. The van der Waals surface area contributed by atoms with Crippen molar-refractivity contribution in [2.45, 2.75) is 19.8 Å². The molecule has 9 heteroatoms. The van der Waals surface area contributed by atoms with Crippen LogP contribution in [0.3, 0.4) is 0 Å². The zero-order valence-corrected chi connectivity index (χ0v) is 18.9. The number of nitro groups is 1. The quantitative estimate of drug-likeness (QED) is 0.366. The van der Waals surface area contributed by atoms with Crippen molar-refractivity contribution < 1.29 is 28.7 Å². The molecule has 0 amide bonds. The molecule has 0 bridgehead atoms. The van der Waals surface area contributed by atoms with Crippen LogP contribution in [0.5, 0.6) is 5.75 Å². The van der Waals surface area contributed by atoms with Crippen LogP contribution in [0.4, 0.5) is 11.4 Å². The number of hydrogen-bond donors (Lipinski definition) is 0. The predicted octanol–water partition coefficient (Wildman–Crippen LogP) is 4.10. The molecule has 3 rings (SSSR count). The number of esters is 2. The largest absolute Gasteiger partial charge is 0.495 e. The van der Waals surface area contributed by atoms with Crippen molar-refractivity contribution >= 4 is 23.3 Å². The molecule has 172 valence electrons. The molecule has 1 aliphatic heterocycles. The molecule has 0 fully saturated rings. The lowest BCUT2D eigenvalue weighted by Gasteiger charge is -2.38. The van der Waals surface area contributed by atoms with E-state index in [0.29, 0.717) is 22.8 Å². The average Bonchev–Trinajstić information content (AvgIpc) is 2.83. The highest BCUT2D eigenvalue weighted by molar-refractivity contribution is 6.02. The van der Waals surface area contributed by atoms with E-state index in [1.807, 2.05) is 0 Å². The molecule has 2 aromatic carbocycles. The maximum atomic E-state index is 13.1. The fourth-order valence-electron chi connectivity index (χ4n) is 4.19. The average molecular weight is 452 g/mol. The molecule has 0 N–H and O–H groups in total. The van der Waals surface area contributed by atoms with Gasteiger partial charge in [0.15, 0.2) is 0 Å². The molecule has 0 radical (unpaired) electrons. The molecule has 0 aliphatic carbocycles. The number of para-hydroxylation sites is 3. The maximum absolute atomic E-state index is 13.1. The number of carbonyl (C=O) groups is 2. The molecule has 1 aliphatic rings. The molecule has 0 saturated heterocycles. The molecule has 1 heterocycles. The summed E-state index contributed by atoms with van der Waals surface area (Å²) in [7, 11) is 3.95. The zero-order chi connectivity index (χ0) is 24.3. The molecular weight excluding hydrogens is 428 g/mol. The van der Waals surface area contributed by atoms with Gasteiger partial charge in [0.2, 0.25) is 0 Å². The molecule has 0 atom stereocenters. The maximum Gasteiger partial charge on any atom is 0.336 e. The summed E-state index contributed by atoms with van der Waals surface area (Å²) in [4.78, 5) is 39.1. The Labute approximate surface area is 191 Å². The lowest BCUT2D eigenvalue weighted by Crippen LogP contribution is -2.35. The normalized spacial score (nSPS) is 14.3. The SMILES string of the molecule is COC(=O)C1=C(C)N(c2ccccc2OC)C(C)=C(C(=O)OC)C1c1ccccc1[N+](=O)[O-]. The van der Waals surface area contributed by atoms with E-state index >= 15 is 0 Å². The Bertz CT molecular complexity index is 1140. The minimum atomic E-state index is -1.07. The Morgan fingerprint density at radius 1 is 0.879 bits per heavy atom.